The molecule has 10 heteroatoms. The fraction of sp³-hybridized carbons (Fsp3) is 0.588. The lowest BCUT2D eigenvalue weighted by atomic mass is 10.2. The summed E-state index contributed by atoms with van der Waals surface area (Å²) in [4.78, 5) is 22.0. The normalized spacial score (nSPS) is 15.7. The van der Waals surface area contributed by atoms with Gasteiger partial charge in [0, 0.05) is 32.6 Å². The number of aromatic nitrogens is 2. The molecule has 2 aromatic heterocycles. The quantitative estimate of drug-likeness (QED) is 0.673. The maximum Gasteiger partial charge on any atom is 0.244 e. The molecule has 1 fully saturated rings. The van der Waals surface area contributed by atoms with Crippen molar-refractivity contribution >= 4 is 42.1 Å². The van der Waals surface area contributed by atoms with Gasteiger partial charge in [-0.15, -0.1) is 36.2 Å². The largest absolute Gasteiger partial charge is 0.340 e. The minimum Gasteiger partial charge on any atom is -0.340 e. The fourth-order valence-electron chi connectivity index (χ4n) is 3.00. The Bertz CT molecular complexity index is 675. The molecule has 3 heterocycles. The van der Waals surface area contributed by atoms with Gasteiger partial charge in [0.25, 0.3) is 0 Å². The molecule has 1 N–H and O–H groups in total. The summed E-state index contributed by atoms with van der Waals surface area (Å²) in [5.41, 5.74) is 0. The first-order valence-electron chi connectivity index (χ1n) is 8.73. The molecule has 2 aromatic rings. The van der Waals surface area contributed by atoms with Gasteiger partial charge in [-0.3, -0.25) is 9.69 Å². The first-order valence-corrected chi connectivity index (χ1v) is 9.61. The highest BCUT2D eigenvalue weighted by Gasteiger charge is 2.27. The number of hydrogen-bond donors (Lipinski definition) is 1. The number of thiophene rings is 1. The van der Waals surface area contributed by atoms with Crippen LogP contribution in [0.25, 0.3) is 10.7 Å². The molecule has 1 saturated heterocycles. The lowest BCUT2D eigenvalue weighted by Crippen LogP contribution is -2.49. The van der Waals surface area contributed by atoms with Crippen LogP contribution in [0.4, 0.5) is 0 Å². The van der Waals surface area contributed by atoms with Crippen molar-refractivity contribution in [3.8, 4) is 10.7 Å². The molecule has 152 valence electrons. The molecule has 1 aliphatic rings. The minimum atomic E-state index is 0. The van der Waals surface area contributed by atoms with Gasteiger partial charge in [0.1, 0.15) is 0 Å². The van der Waals surface area contributed by atoms with E-state index >= 15 is 0 Å². The van der Waals surface area contributed by atoms with E-state index in [2.05, 4.69) is 27.3 Å². The predicted molar refractivity (Wildman–Crippen MR) is 112 cm³/mol. The van der Waals surface area contributed by atoms with Crippen molar-refractivity contribution in [3.05, 3.63) is 23.4 Å². The number of rotatable bonds is 7. The van der Waals surface area contributed by atoms with Crippen molar-refractivity contribution in [2.24, 2.45) is 0 Å². The van der Waals surface area contributed by atoms with Crippen LogP contribution in [0.1, 0.15) is 31.7 Å². The van der Waals surface area contributed by atoms with Gasteiger partial charge < -0.3 is 14.7 Å². The van der Waals surface area contributed by atoms with Crippen molar-refractivity contribution in [2.45, 2.75) is 25.8 Å². The average Bonchev–Trinajstić information content (AvgIpc) is 3.32. The van der Waals surface area contributed by atoms with Crippen LogP contribution in [0.3, 0.4) is 0 Å². The Balaban J connectivity index is 0.00000182. The Morgan fingerprint density at radius 3 is 2.70 bits per heavy atom. The number of piperazine rings is 1. The Morgan fingerprint density at radius 2 is 2.07 bits per heavy atom. The van der Waals surface area contributed by atoms with Crippen molar-refractivity contribution in [2.75, 3.05) is 39.8 Å². The summed E-state index contributed by atoms with van der Waals surface area (Å²) in [5.74, 6) is 1.53. The molecule has 0 aliphatic carbocycles. The maximum absolute atomic E-state index is 12.2. The van der Waals surface area contributed by atoms with Gasteiger partial charge in [0.15, 0.2) is 0 Å². The van der Waals surface area contributed by atoms with E-state index < -0.39 is 0 Å². The van der Waals surface area contributed by atoms with E-state index in [9.17, 15) is 4.79 Å². The van der Waals surface area contributed by atoms with Gasteiger partial charge >= 0.3 is 0 Å². The van der Waals surface area contributed by atoms with Crippen LogP contribution < -0.4 is 5.32 Å². The standard InChI is InChI=1S/C17H25N5O2S.2ClH/c1-13(17-19-16(20-24-17)14-5-4-12-25-14)21-8-10-22(11-9-21)15(23)6-3-7-18-2;;/h4-5,12-13,18H,3,6-11H2,1-2H3;2*1H. The number of halogens is 2. The topological polar surface area (TPSA) is 74.5 Å². The van der Waals surface area contributed by atoms with E-state index in [0.717, 1.165) is 44.0 Å². The Labute approximate surface area is 176 Å². The second-order valence-corrected chi connectivity index (χ2v) is 7.18. The molecule has 0 aromatic carbocycles. The molecule has 1 unspecified atom stereocenters. The SMILES string of the molecule is CNCCCC(=O)N1CCN(C(C)c2nc(-c3cccs3)no2)CC1.Cl.Cl. The average molecular weight is 436 g/mol. The van der Waals surface area contributed by atoms with Gasteiger partial charge in [0.2, 0.25) is 17.6 Å². The number of carbonyl (C=O) groups excluding carboxylic acids is 1. The van der Waals surface area contributed by atoms with Gasteiger partial charge in [-0.2, -0.15) is 4.98 Å². The predicted octanol–water partition coefficient (Wildman–Crippen LogP) is 2.85. The van der Waals surface area contributed by atoms with E-state index in [4.69, 9.17) is 4.52 Å². The molecular weight excluding hydrogens is 409 g/mol. The van der Waals surface area contributed by atoms with E-state index in [-0.39, 0.29) is 36.8 Å². The first-order chi connectivity index (χ1) is 12.2. The number of nitrogens with zero attached hydrogens (tertiary/aromatic N) is 4. The van der Waals surface area contributed by atoms with E-state index in [1.165, 1.54) is 0 Å². The third-order valence-electron chi connectivity index (χ3n) is 4.57. The number of amides is 1. The lowest BCUT2D eigenvalue weighted by molar-refractivity contribution is -0.133. The molecule has 27 heavy (non-hydrogen) atoms. The minimum absolute atomic E-state index is 0. The smallest absolute Gasteiger partial charge is 0.244 e. The molecular formula is C17H27Cl2N5O2S. The molecule has 0 radical (unpaired) electrons. The van der Waals surface area contributed by atoms with E-state index in [0.29, 0.717) is 18.1 Å². The highest BCUT2D eigenvalue weighted by Crippen LogP contribution is 2.25. The van der Waals surface area contributed by atoms with Gasteiger partial charge in [-0.25, -0.2) is 0 Å². The molecule has 1 aliphatic heterocycles. The summed E-state index contributed by atoms with van der Waals surface area (Å²) in [6.45, 7) is 6.14. The third-order valence-corrected chi connectivity index (χ3v) is 5.44. The van der Waals surface area contributed by atoms with Crippen LogP contribution in [0.5, 0.6) is 0 Å². The van der Waals surface area contributed by atoms with Crippen LogP contribution in [-0.2, 0) is 4.79 Å². The van der Waals surface area contributed by atoms with Crippen LogP contribution in [-0.4, -0.2) is 65.6 Å². The highest BCUT2D eigenvalue weighted by atomic mass is 35.5. The van der Waals surface area contributed by atoms with E-state index in [1.807, 2.05) is 29.5 Å². The van der Waals surface area contributed by atoms with Crippen molar-refractivity contribution < 1.29 is 9.32 Å². The summed E-state index contributed by atoms with van der Waals surface area (Å²) in [7, 11) is 1.91. The molecule has 0 saturated carbocycles. The second kappa shape index (κ2) is 11.6. The summed E-state index contributed by atoms with van der Waals surface area (Å²) in [5, 5.41) is 9.16. The third kappa shape index (κ3) is 6.15. The summed E-state index contributed by atoms with van der Waals surface area (Å²) in [6.07, 6.45) is 1.50. The fourth-order valence-corrected chi connectivity index (χ4v) is 3.65. The van der Waals surface area contributed by atoms with E-state index in [1.54, 1.807) is 11.3 Å². The van der Waals surface area contributed by atoms with Crippen LogP contribution in [0.2, 0.25) is 0 Å². The second-order valence-electron chi connectivity index (χ2n) is 6.23. The first kappa shape index (κ1) is 23.8. The van der Waals surface area contributed by atoms with Crippen LogP contribution in [0.15, 0.2) is 22.0 Å². The Hall–Kier alpha value is -1.19. The molecule has 7 nitrogen and oxygen atoms in total. The number of carbonyl (C=O) groups is 1. The van der Waals surface area contributed by atoms with Crippen molar-refractivity contribution in [1.29, 1.82) is 0 Å². The molecule has 1 atom stereocenters. The van der Waals surface area contributed by atoms with Gasteiger partial charge in [-0.05, 0) is 38.4 Å². The molecule has 0 bridgehead atoms. The molecule has 0 spiro atoms. The maximum atomic E-state index is 12.2. The van der Waals surface area contributed by atoms with Crippen molar-refractivity contribution in [3.63, 3.8) is 0 Å². The summed E-state index contributed by atoms with van der Waals surface area (Å²) in [6, 6.07) is 4.03. The monoisotopic (exact) mass is 435 g/mol. The van der Waals surface area contributed by atoms with Gasteiger partial charge in [-0.1, -0.05) is 11.2 Å². The highest BCUT2D eigenvalue weighted by molar-refractivity contribution is 7.13. The van der Waals surface area contributed by atoms with Gasteiger partial charge in [0.05, 0.1) is 10.9 Å². The Kier molecular flexibility index (Phi) is 10.3. The summed E-state index contributed by atoms with van der Waals surface area (Å²) < 4.78 is 5.46. The zero-order valence-corrected chi connectivity index (χ0v) is 18.0. The summed E-state index contributed by atoms with van der Waals surface area (Å²) >= 11 is 1.60. The zero-order chi connectivity index (χ0) is 17.6. The van der Waals surface area contributed by atoms with Crippen LogP contribution in [0, 0.1) is 0 Å². The molecule has 3 rings (SSSR count). The Morgan fingerprint density at radius 1 is 1.33 bits per heavy atom. The number of nitrogens with one attached hydrogen (secondary N) is 1. The number of hydrogen-bond acceptors (Lipinski definition) is 7. The van der Waals surface area contributed by atoms with Crippen LogP contribution >= 0.6 is 36.2 Å². The zero-order valence-electron chi connectivity index (χ0n) is 15.6. The molecule has 1 amide bonds. The van der Waals surface area contributed by atoms with Crippen molar-refractivity contribution in [1.82, 2.24) is 25.3 Å². The lowest BCUT2D eigenvalue weighted by Gasteiger charge is -2.36.